The van der Waals surface area contributed by atoms with E-state index in [-0.39, 0.29) is 18.4 Å². The first-order chi connectivity index (χ1) is 10.1. The van der Waals surface area contributed by atoms with Gasteiger partial charge in [-0.3, -0.25) is 19.7 Å². The van der Waals surface area contributed by atoms with E-state index in [9.17, 15) is 14.4 Å². The van der Waals surface area contributed by atoms with Crippen LogP contribution < -0.4 is 5.32 Å². The van der Waals surface area contributed by atoms with Crippen LogP contribution >= 0.6 is 0 Å². The number of fused-ring (bicyclic) bond motifs is 1. The molecule has 2 aliphatic rings. The molecule has 6 nitrogen and oxygen atoms in total. The van der Waals surface area contributed by atoms with Gasteiger partial charge in [-0.2, -0.15) is 5.26 Å². The van der Waals surface area contributed by atoms with E-state index in [0.29, 0.717) is 36.0 Å². The summed E-state index contributed by atoms with van der Waals surface area (Å²) in [6, 6.07) is 6.40. The number of carbonyl (C=O) groups is 3. The van der Waals surface area contributed by atoms with Gasteiger partial charge in [-0.05, 0) is 25.0 Å². The minimum atomic E-state index is -0.650. The van der Waals surface area contributed by atoms with Crippen LogP contribution in [0.5, 0.6) is 0 Å². The Kier molecular flexibility index (Phi) is 3.18. The van der Waals surface area contributed by atoms with Crippen molar-refractivity contribution in [1.82, 2.24) is 10.2 Å². The molecule has 0 spiro atoms. The van der Waals surface area contributed by atoms with Crippen LogP contribution in [-0.4, -0.2) is 28.7 Å². The molecular weight excluding hydrogens is 270 g/mol. The molecule has 106 valence electrons. The lowest BCUT2D eigenvalue weighted by atomic mass is 10.0. The fourth-order valence-electron chi connectivity index (χ4n) is 2.88. The molecule has 3 rings (SSSR count). The summed E-state index contributed by atoms with van der Waals surface area (Å²) in [5.74, 6) is -0.988. The molecule has 0 bridgehead atoms. The van der Waals surface area contributed by atoms with E-state index in [0.717, 1.165) is 0 Å². The Hall–Kier alpha value is -2.68. The lowest BCUT2D eigenvalue weighted by Gasteiger charge is -2.24. The van der Waals surface area contributed by atoms with Gasteiger partial charge >= 0.3 is 0 Å². The van der Waals surface area contributed by atoms with E-state index in [1.807, 2.05) is 0 Å². The minimum absolute atomic E-state index is 0.240. The molecule has 1 fully saturated rings. The Morgan fingerprint density at radius 1 is 1.29 bits per heavy atom. The molecule has 0 unspecified atom stereocenters. The number of nitrogens with one attached hydrogen (secondary N) is 1. The van der Waals surface area contributed by atoms with Gasteiger partial charge in [0.2, 0.25) is 11.8 Å². The standard InChI is InChI=1S/C15H13N3O3/c16-7-9-3-1-4-10-11(9)8-18(15(10)21)12-5-2-6-13(19)17-14(12)20/h1,3-4,12H,2,5-6,8H2,(H,17,19,20)/t12-/m0/s1. The molecular formula is C15H13N3O3. The second kappa shape index (κ2) is 5.02. The van der Waals surface area contributed by atoms with Crippen LogP contribution in [0.4, 0.5) is 0 Å². The van der Waals surface area contributed by atoms with Crippen molar-refractivity contribution in [1.29, 1.82) is 5.26 Å². The quantitative estimate of drug-likeness (QED) is 0.768. The second-order valence-corrected chi connectivity index (χ2v) is 5.20. The van der Waals surface area contributed by atoms with E-state index in [2.05, 4.69) is 11.4 Å². The number of imide groups is 1. The van der Waals surface area contributed by atoms with Crippen LogP contribution in [0, 0.1) is 11.3 Å². The van der Waals surface area contributed by atoms with Gasteiger partial charge in [-0.1, -0.05) is 6.07 Å². The van der Waals surface area contributed by atoms with Crippen molar-refractivity contribution in [3.8, 4) is 6.07 Å². The number of hydrogen-bond acceptors (Lipinski definition) is 4. The summed E-state index contributed by atoms with van der Waals surface area (Å²) in [6.45, 7) is 0.240. The first-order valence-electron chi connectivity index (χ1n) is 6.78. The molecule has 21 heavy (non-hydrogen) atoms. The predicted octanol–water partition coefficient (Wildman–Crippen LogP) is 0.709. The Morgan fingerprint density at radius 3 is 2.86 bits per heavy atom. The highest BCUT2D eigenvalue weighted by Gasteiger charge is 2.38. The summed E-state index contributed by atoms with van der Waals surface area (Å²) in [6.07, 6.45) is 1.31. The number of nitriles is 1. The van der Waals surface area contributed by atoms with Crippen molar-refractivity contribution in [3.05, 3.63) is 34.9 Å². The Bertz CT molecular complexity index is 690. The summed E-state index contributed by atoms with van der Waals surface area (Å²) in [4.78, 5) is 37.4. The maximum Gasteiger partial charge on any atom is 0.255 e. The van der Waals surface area contributed by atoms with E-state index < -0.39 is 11.9 Å². The molecule has 1 saturated heterocycles. The molecule has 3 amide bonds. The summed E-state index contributed by atoms with van der Waals surface area (Å²) >= 11 is 0. The zero-order chi connectivity index (χ0) is 15.0. The first-order valence-corrected chi connectivity index (χ1v) is 6.78. The molecule has 0 aliphatic carbocycles. The third kappa shape index (κ3) is 2.17. The van der Waals surface area contributed by atoms with Crippen LogP contribution in [0.2, 0.25) is 0 Å². The molecule has 1 atom stereocenters. The normalized spacial score (nSPS) is 21.6. The molecule has 1 N–H and O–H groups in total. The van der Waals surface area contributed by atoms with Crippen molar-refractivity contribution in [3.63, 3.8) is 0 Å². The van der Waals surface area contributed by atoms with Crippen LogP contribution in [-0.2, 0) is 16.1 Å². The van der Waals surface area contributed by atoms with Crippen molar-refractivity contribution in [2.75, 3.05) is 0 Å². The second-order valence-electron chi connectivity index (χ2n) is 5.20. The highest BCUT2D eigenvalue weighted by Crippen LogP contribution is 2.29. The fraction of sp³-hybridized carbons (Fsp3) is 0.333. The third-order valence-corrected chi connectivity index (χ3v) is 3.94. The topological polar surface area (TPSA) is 90.3 Å². The summed E-state index contributed by atoms with van der Waals surface area (Å²) in [7, 11) is 0. The number of carbonyl (C=O) groups excluding carboxylic acids is 3. The van der Waals surface area contributed by atoms with Crippen molar-refractivity contribution in [2.24, 2.45) is 0 Å². The molecule has 1 aromatic rings. The molecule has 0 radical (unpaired) electrons. The highest BCUT2D eigenvalue weighted by atomic mass is 16.2. The number of nitrogens with zero attached hydrogens (tertiary/aromatic N) is 2. The minimum Gasteiger partial charge on any atom is -0.322 e. The monoisotopic (exact) mass is 283 g/mol. The molecule has 2 heterocycles. The van der Waals surface area contributed by atoms with E-state index in [1.54, 1.807) is 18.2 Å². The summed E-state index contributed by atoms with van der Waals surface area (Å²) in [5.41, 5.74) is 1.58. The van der Waals surface area contributed by atoms with Crippen molar-refractivity contribution in [2.45, 2.75) is 31.8 Å². The molecule has 0 aromatic heterocycles. The maximum absolute atomic E-state index is 12.5. The number of rotatable bonds is 1. The number of benzene rings is 1. The summed E-state index contributed by atoms with van der Waals surface area (Å²) in [5, 5.41) is 11.4. The fourth-order valence-corrected chi connectivity index (χ4v) is 2.88. The van der Waals surface area contributed by atoms with E-state index in [4.69, 9.17) is 5.26 Å². The third-order valence-electron chi connectivity index (χ3n) is 3.94. The maximum atomic E-state index is 12.5. The Labute approximate surface area is 121 Å². The summed E-state index contributed by atoms with van der Waals surface area (Å²) < 4.78 is 0. The van der Waals surface area contributed by atoms with Gasteiger partial charge in [0.25, 0.3) is 5.91 Å². The average molecular weight is 283 g/mol. The first kappa shape index (κ1) is 13.3. The van der Waals surface area contributed by atoms with Gasteiger partial charge < -0.3 is 4.90 Å². The molecule has 1 aromatic carbocycles. The van der Waals surface area contributed by atoms with Crippen LogP contribution in [0.3, 0.4) is 0 Å². The largest absolute Gasteiger partial charge is 0.322 e. The van der Waals surface area contributed by atoms with Crippen LogP contribution in [0.15, 0.2) is 18.2 Å². The van der Waals surface area contributed by atoms with Gasteiger partial charge in [0.05, 0.1) is 11.6 Å². The predicted molar refractivity (Wildman–Crippen MR) is 71.8 cm³/mol. The lowest BCUT2D eigenvalue weighted by molar-refractivity contribution is -0.132. The van der Waals surface area contributed by atoms with Crippen molar-refractivity contribution >= 4 is 17.7 Å². The van der Waals surface area contributed by atoms with Crippen molar-refractivity contribution < 1.29 is 14.4 Å². The SMILES string of the molecule is N#Cc1cccc2c1CN([C@H]1CCCC(=O)NC1=O)C2=O. The average Bonchev–Trinajstić information content (AvgIpc) is 2.70. The van der Waals surface area contributed by atoms with Crippen LogP contribution in [0.25, 0.3) is 0 Å². The Balaban J connectivity index is 1.92. The Morgan fingerprint density at radius 2 is 2.10 bits per heavy atom. The smallest absolute Gasteiger partial charge is 0.255 e. The van der Waals surface area contributed by atoms with Gasteiger partial charge in [-0.25, -0.2) is 0 Å². The number of amides is 3. The van der Waals surface area contributed by atoms with E-state index >= 15 is 0 Å². The molecule has 0 saturated carbocycles. The lowest BCUT2D eigenvalue weighted by Crippen LogP contribution is -2.46. The van der Waals surface area contributed by atoms with E-state index in [1.165, 1.54) is 4.90 Å². The molecule has 2 aliphatic heterocycles. The molecule has 6 heteroatoms. The van der Waals surface area contributed by atoms with Crippen LogP contribution in [0.1, 0.15) is 40.7 Å². The zero-order valence-corrected chi connectivity index (χ0v) is 11.3. The van der Waals surface area contributed by atoms with Gasteiger partial charge in [0.1, 0.15) is 6.04 Å². The zero-order valence-electron chi connectivity index (χ0n) is 11.3. The van der Waals surface area contributed by atoms with Gasteiger partial charge in [0, 0.05) is 24.1 Å². The van der Waals surface area contributed by atoms with Gasteiger partial charge in [0.15, 0.2) is 0 Å². The highest BCUT2D eigenvalue weighted by molar-refractivity contribution is 6.04. The number of hydrogen-bond donors (Lipinski definition) is 1. The van der Waals surface area contributed by atoms with Gasteiger partial charge in [-0.15, -0.1) is 0 Å².